The van der Waals surface area contributed by atoms with Crippen molar-refractivity contribution in [3.05, 3.63) is 52.3 Å². The van der Waals surface area contributed by atoms with E-state index in [-0.39, 0.29) is 22.4 Å². The molecule has 126 valence electrons. The number of carbonyl (C=O) groups is 2. The average molecular weight is 331 g/mol. The molecule has 0 atom stereocenters. The van der Waals surface area contributed by atoms with Crippen molar-refractivity contribution in [1.82, 2.24) is 0 Å². The highest BCUT2D eigenvalue weighted by molar-refractivity contribution is 6.11. The molecule has 0 radical (unpaired) electrons. The van der Waals surface area contributed by atoms with Crippen LogP contribution in [-0.2, 0) is 6.42 Å². The second-order valence-corrected chi connectivity index (χ2v) is 5.10. The summed E-state index contributed by atoms with van der Waals surface area (Å²) < 4.78 is 24.9. The van der Waals surface area contributed by atoms with Gasteiger partial charge in [0.2, 0.25) is 0 Å². The molecule has 5 nitrogen and oxygen atoms in total. The number of ether oxygens (including phenoxy) is 2. The zero-order valence-electron chi connectivity index (χ0n) is 13.7. The van der Waals surface area contributed by atoms with Crippen LogP contribution in [0.4, 0.5) is 10.1 Å². The first-order valence-corrected chi connectivity index (χ1v) is 7.31. The predicted molar refractivity (Wildman–Crippen MR) is 88.6 cm³/mol. The van der Waals surface area contributed by atoms with E-state index in [1.807, 2.05) is 0 Å². The molecule has 2 aromatic rings. The maximum atomic E-state index is 14.6. The van der Waals surface area contributed by atoms with Crippen LogP contribution >= 0.6 is 0 Å². The van der Waals surface area contributed by atoms with Gasteiger partial charge in [-0.1, -0.05) is 6.92 Å². The molecule has 24 heavy (non-hydrogen) atoms. The fourth-order valence-corrected chi connectivity index (χ4v) is 2.48. The Bertz CT molecular complexity index is 802. The minimum absolute atomic E-state index is 0.0354. The van der Waals surface area contributed by atoms with Crippen LogP contribution < -0.4 is 15.2 Å². The number of nitrogens with two attached hydrogens (primary N) is 1. The van der Waals surface area contributed by atoms with Crippen molar-refractivity contribution in [3.63, 3.8) is 0 Å². The van der Waals surface area contributed by atoms with Crippen LogP contribution in [0.15, 0.2) is 24.3 Å². The summed E-state index contributed by atoms with van der Waals surface area (Å²) in [6, 6.07) is 6.01. The largest absolute Gasteiger partial charge is 0.493 e. The molecule has 0 bridgehead atoms. The van der Waals surface area contributed by atoms with E-state index >= 15 is 0 Å². The van der Waals surface area contributed by atoms with Crippen molar-refractivity contribution in [2.75, 3.05) is 20.0 Å². The van der Waals surface area contributed by atoms with Crippen LogP contribution in [0.3, 0.4) is 0 Å². The van der Waals surface area contributed by atoms with Gasteiger partial charge in [-0.2, -0.15) is 0 Å². The first-order chi connectivity index (χ1) is 11.5. The first-order valence-electron chi connectivity index (χ1n) is 7.31. The summed E-state index contributed by atoms with van der Waals surface area (Å²) in [4.78, 5) is 23.8. The highest BCUT2D eigenvalue weighted by Gasteiger charge is 2.23. The fraction of sp³-hybridized carbons (Fsp3) is 0.222. The van der Waals surface area contributed by atoms with Crippen LogP contribution in [0.1, 0.15) is 38.8 Å². The van der Waals surface area contributed by atoms with E-state index in [4.69, 9.17) is 15.2 Å². The summed E-state index contributed by atoms with van der Waals surface area (Å²) in [6.07, 6.45) is 0.856. The van der Waals surface area contributed by atoms with Crippen molar-refractivity contribution in [2.45, 2.75) is 13.3 Å². The van der Waals surface area contributed by atoms with Crippen molar-refractivity contribution < 1.29 is 23.5 Å². The molecule has 0 spiro atoms. The van der Waals surface area contributed by atoms with Crippen molar-refractivity contribution in [2.24, 2.45) is 0 Å². The number of hydrogen-bond acceptors (Lipinski definition) is 5. The number of ketones is 1. The molecule has 2 rings (SSSR count). The number of benzene rings is 2. The van der Waals surface area contributed by atoms with Crippen LogP contribution in [0.25, 0.3) is 0 Å². The SMILES string of the molecule is CCc1cc(C=O)c(N)c(F)c1C(=O)c1ccc(OC)c(OC)c1. The number of methoxy groups -OCH3 is 2. The van der Waals surface area contributed by atoms with E-state index in [2.05, 4.69) is 0 Å². The number of rotatable bonds is 6. The van der Waals surface area contributed by atoms with Crippen molar-refractivity contribution in [1.29, 1.82) is 0 Å². The summed E-state index contributed by atoms with van der Waals surface area (Å²) in [6.45, 7) is 1.77. The molecule has 6 heteroatoms. The Hall–Kier alpha value is -2.89. The van der Waals surface area contributed by atoms with Crippen LogP contribution in [0.5, 0.6) is 11.5 Å². The van der Waals surface area contributed by atoms with Crippen LogP contribution in [0, 0.1) is 5.82 Å². The topological polar surface area (TPSA) is 78.6 Å². The molecular weight excluding hydrogens is 313 g/mol. The number of halogens is 1. The zero-order chi connectivity index (χ0) is 17.9. The normalized spacial score (nSPS) is 10.3. The summed E-state index contributed by atoms with van der Waals surface area (Å²) in [5.41, 5.74) is 5.86. The Labute approximate surface area is 139 Å². The molecular formula is C18H18FNO4. The summed E-state index contributed by atoms with van der Waals surface area (Å²) >= 11 is 0. The number of aldehydes is 1. The molecule has 0 unspecified atom stereocenters. The molecule has 2 aromatic carbocycles. The average Bonchev–Trinajstić information content (AvgIpc) is 2.62. The third-order valence-corrected chi connectivity index (χ3v) is 3.80. The van der Waals surface area contributed by atoms with Gasteiger partial charge in [-0.05, 0) is 36.2 Å². The summed E-state index contributed by atoms with van der Waals surface area (Å²) in [7, 11) is 2.92. The lowest BCUT2D eigenvalue weighted by atomic mass is 9.93. The van der Waals surface area contributed by atoms with E-state index in [1.165, 1.54) is 32.4 Å². The van der Waals surface area contributed by atoms with Gasteiger partial charge >= 0.3 is 0 Å². The third-order valence-electron chi connectivity index (χ3n) is 3.80. The second-order valence-electron chi connectivity index (χ2n) is 5.10. The number of carbonyl (C=O) groups excluding carboxylic acids is 2. The standard InChI is InChI=1S/C18H18FNO4/c1-4-10-7-12(9-21)17(20)16(19)15(10)18(22)11-5-6-13(23-2)14(8-11)24-3/h5-9H,4,20H2,1-3H3. The highest BCUT2D eigenvalue weighted by atomic mass is 19.1. The van der Waals surface area contributed by atoms with Crippen molar-refractivity contribution in [3.8, 4) is 11.5 Å². The number of aryl methyl sites for hydroxylation is 1. The van der Waals surface area contributed by atoms with E-state index in [9.17, 15) is 14.0 Å². The highest BCUT2D eigenvalue weighted by Crippen LogP contribution is 2.31. The smallest absolute Gasteiger partial charge is 0.196 e. The van der Waals surface area contributed by atoms with Crippen LogP contribution in [-0.4, -0.2) is 26.3 Å². The lowest BCUT2D eigenvalue weighted by Crippen LogP contribution is -2.12. The van der Waals surface area contributed by atoms with Gasteiger partial charge in [0, 0.05) is 11.1 Å². The quantitative estimate of drug-likeness (QED) is 0.500. The Morgan fingerprint density at radius 2 is 1.88 bits per heavy atom. The maximum absolute atomic E-state index is 14.6. The van der Waals surface area contributed by atoms with Gasteiger partial charge < -0.3 is 15.2 Å². The van der Waals surface area contributed by atoms with E-state index < -0.39 is 11.6 Å². The van der Waals surface area contributed by atoms with Gasteiger partial charge in [0.25, 0.3) is 0 Å². The van der Waals surface area contributed by atoms with Gasteiger partial charge in [-0.25, -0.2) is 4.39 Å². The molecule has 0 amide bonds. The van der Waals surface area contributed by atoms with Crippen molar-refractivity contribution >= 4 is 17.8 Å². The molecule has 0 heterocycles. The Balaban J connectivity index is 2.62. The predicted octanol–water partition coefficient (Wildman–Crippen LogP) is 3.03. The fourth-order valence-electron chi connectivity index (χ4n) is 2.48. The molecule has 0 saturated carbocycles. The number of hydrogen-bond donors (Lipinski definition) is 1. The van der Waals surface area contributed by atoms with E-state index in [1.54, 1.807) is 13.0 Å². The first kappa shape index (κ1) is 17.5. The third kappa shape index (κ3) is 2.95. The monoisotopic (exact) mass is 331 g/mol. The summed E-state index contributed by atoms with van der Waals surface area (Å²) in [5, 5.41) is 0. The molecule has 0 aliphatic carbocycles. The molecule has 0 aliphatic heterocycles. The molecule has 0 aliphatic rings. The van der Waals surface area contributed by atoms with Gasteiger partial charge in [-0.3, -0.25) is 9.59 Å². The number of anilines is 1. The number of nitrogen functional groups attached to an aromatic ring is 1. The van der Waals surface area contributed by atoms with E-state index in [0.29, 0.717) is 29.8 Å². The second kappa shape index (κ2) is 7.12. The Morgan fingerprint density at radius 3 is 2.42 bits per heavy atom. The van der Waals surface area contributed by atoms with Gasteiger partial charge in [0.1, 0.15) is 0 Å². The van der Waals surface area contributed by atoms with Gasteiger partial charge in [0.15, 0.2) is 29.4 Å². The van der Waals surface area contributed by atoms with Crippen LogP contribution in [0.2, 0.25) is 0 Å². The lowest BCUT2D eigenvalue weighted by molar-refractivity contribution is 0.103. The minimum atomic E-state index is -0.878. The molecule has 2 N–H and O–H groups in total. The van der Waals surface area contributed by atoms with Gasteiger partial charge in [0.05, 0.1) is 25.5 Å². The molecule has 0 aromatic heterocycles. The summed E-state index contributed by atoms with van der Waals surface area (Å²) in [5.74, 6) is -0.592. The maximum Gasteiger partial charge on any atom is 0.196 e. The minimum Gasteiger partial charge on any atom is -0.493 e. The van der Waals surface area contributed by atoms with E-state index in [0.717, 1.165) is 0 Å². The molecule has 0 fully saturated rings. The zero-order valence-corrected chi connectivity index (χ0v) is 13.7. The lowest BCUT2D eigenvalue weighted by Gasteiger charge is -2.13. The molecule has 0 saturated heterocycles. The Morgan fingerprint density at radius 1 is 1.21 bits per heavy atom. The van der Waals surface area contributed by atoms with Gasteiger partial charge in [-0.15, -0.1) is 0 Å². The Kier molecular flexibility index (Phi) is 5.18.